The minimum atomic E-state index is -0.0724. The van der Waals surface area contributed by atoms with Crippen LogP contribution in [0, 0.1) is 12.8 Å². The van der Waals surface area contributed by atoms with Gasteiger partial charge in [-0.2, -0.15) is 10.2 Å². The van der Waals surface area contributed by atoms with Crippen LogP contribution in [0.4, 0.5) is 11.6 Å². The number of anilines is 2. The van der Waals surface area contributed by atoms with Crippen LogP contribution in [0.25, 0.3) is 27.8 Å². The zero-order valence-electron chi connectivity index (χ0n) is 19.3. The maximum absolute atomic E-state index is 12.8. The SMILES string of the molecule is Cc1cc(-n2cccn2)ncc1-c1cc2cc(NC(=O)C3CC3c3cnn(C)c3)ncc2c(N)n1. The number of rotatable bonds is 5. The molecule has 0 aromatic carbocycles. The molecular weight excluding hydrogens is 442 g/mol. The average Bonchev–Trinajstić information content (AvgIpc) is 3.22. The third kappa shape index (κ3) is 3.88. The quantitative estimate of drug-likeness (QED) is 0.407. The largest absolute Gasteiger partial charge is 0.383 e. The Morgan fingerprint density at radius 3 is 2.77 bits per heavy atom. The van der Waals surface area contributed by atoms with Crippen molar-refractivity contribution in [3.8, 4) is 17.1 Å². The normalized spacial score (nSPS) is 17.0. The van der Waals surface area contributed by atoms with Crippen molar-refractivity contribution >= 4 is 28.3 Å². The average molecular weight is 466 g/mol. The predicted octanol–water partition coefficient (Wildman–Crippen LogP) is 3.24. The highest BCUT2D eigenvalue weighted by molar-refractivity contribution is 5.98. The number of hydrogen-bond acceptors (Lipinski definition) is 7. The van der Waals surface area contributed by atoms with E-state index in [2.05, 4.69) is 30.5 Å². The van der Waals surface area contributed by atoms with E-state index in [-0.39, 0.29) is 17.7 Å². The molecular formula is C25H23N9O. The monoisotopic (exact) mass is 465 g/mol. The van der Waals surface area contributed by atoms with Gasteiger partial charge < -0.3 is 11.1 Å². The molecule has 35 heavy (non-hydrogen) atoms. The van der Waals surface area contributed by atoms with Crippen molar-refractivity contribution in [1.82, 2.24) is 34.5 Å². The van der Waals surface area contributed by atoms with Crippen LogP contribution in [0.15, 0.2) is 61.4 Å². The third-order valence-electron chi connectivity index (χ3n) is 6.39. The fourth-order valence-corrected chi connectivity index (χ4v) is 4.42. The summed E-state index contributed by atoms with van der Waals surface area (Å²) in [6, 6.07) is 7.58. The predicted molar refractivity (Wildman–Crippen MR) is 132 cm³/mol. The molecule has 5 aromatic rings. The lowest BCUT2D eigenvalue weighted by atomic mass is 10.1. The van der Waals surface area contributed by atoms with E-state index in [1.54, 1.807) is 28.0 Å². The number of pyridine rings is 3. The number of nitrogens with one attached hydrogen (secondary N) is 1. The van der Waals surface area contributed by atoms with E-state index in [0.717, 1.165) is 39.7 Å². The minimum Gasteiger partial charge on any atom is -0.383 e. The van der Waals surface area contributed by atoms with E-state index in [1.165, 1.54) is 0 Å². The van der Waals surface area contributed by atoms with Crippen LogP contribution in [0.1, 0.15) is 23.5 Å². The Morgan fingerprint density at radius 1 is 1.14 bits per heavy atom. The van der Waals surface area contributed by atoms with Gasteiger partial charge in [0.05, 0.1) is 11.9 Å². The first-order valence-electron chi connectivity index (χ1n) is 11.3. The molecule has 3 N–H and O–H groups in total. The van der Waals surface area contributed by atoms with Gasteiger partial charge in [0.25, 0.3) is 0 Å². The first-order chi connectivity index (χ1) is 17.0. The first kappa shape index (κ1) is 21.0. The highest BCUT2D eigenvalue weighted by Gasteiger charge is 2.44. The van der Waals surface area contributed by atoms with Gasteiger partial charge in [0.1, 0.15) is 11.6 Å². The summed E-state index contributed by atoms with van der Waals surface area (Å²) in [5, 5.41) is 13.0. The topological polar surface area (TPSA) is 129 Å². The van der Waals surface area contributed by atoms with Crippen LogP contribution in [-0.4, -0.2) is 40.4 Å². The van der Waals surface area contributed by atoms with Crippen LogP contribution < -0.4 is 11.1 Å². The lowest BCUT2D eigenvalue weighted by Gasteiger charge is -2.11. The molecule has 1 saturated carbocycles. The van der Waals surface area contributed by atoms with E-state index >= 15 is 0 Å². The molecule has 6 rings (SSSR count). The summed E-state index contributed by atoms with van der Waals surface area (Å²) in [6.07, 6.45) is 11.6. The second-order valence-electron chi connectivity index (χ2n) is 8.88. The fourth-order valence-electron chi connectivity index (χ4n) is 4.42. The van der Waals surface area contributed by atoms with Gasteiger partial charge in [0.2, 0.25) is 5.91 Å². The molecule has 1 fully saturated rings. The van der Waals surface area contributed by atoms with Crippen LogP contribution in [-0.2, 0) is 11.8 Å². The Labute approximate surface area is 200 Å². The van der Waals surface area contributed by atoms with Crippen LogP contribution in [0.3, 0.4) is 0 Å². The van der Waals surface area contributed by atoms with Crippen molar-refractivity contribution in [2.45, 2.75) is 19.3 Å². The molecule has 1 aliphatic carbocycles. The second-order valence-corrected chi connectivity index (χ2v) is 8.88. The van der Waals surface area contributed by atoms with Crippen molar-refractivity contribution in [2.75, 3.05) is 11.1 Å². The molecule has 1 aliphatic rings. The van der Waals surface area contributed by atoms with Gasteiger partial charge in [-0.15, -0.1) is 0 Å². The summed E-state index contributed by atoms with van der Waals surface area (Å²) in [7, 11) is 1.88. The van der Waals surface area contributed by atoms with Gasteiger partial charge in [0, 0.05) is 54.9 Å². The first-order valence-corrected chi connectivity index (χ1v) is 11.3. The van der Waals surface area contributed by atoms with E-state index in [1.807, 2.05) is 56.8 Å². The second kappa shape index (κ2) is 8.01. The van der Waals surface area contributed by atoms with Gasteiger partial charge in [-0.3, -0.25) is 9.48 Å². The zero-order valence-corrected chi connectivity index (χ0v) is 19.3. The van der Waals surface area contributed by atoms with Gasteiger partial charge in [-0.1, -0.05) is 0 Å². The van der Waals surface area contributed by atoms with Crippen molar-refractivity contribution in [3.05, 3.63) is 72.6 Å². The summed E-state index contributed by atoms with van der Waals surface area (Å²) >= 11 is 0. The summed E-state index contributed by atoms with van der Waals surface area (Å²) < 4.78 is 3.46. The van der Waals surface area contributed by atoms with Crippen molar-refractivity contribution in [2.24, 2.45) is 13.0 Å². The van der Waals surface area contributed by atoms with Gasteiger partial charge in [-0.05, 0) is 60.0 Å². The van der Waals surface area contributed by atoms with Gasteiger partial charge in [0.15, 0.2) is 5.82 Å². The fraction of sp³-hybridized carbons (Fsp3) is 0.200. The molecule has 2 atom stereocenters. The number of aryl methyl sites for hydroxylation is 2. The molecule has 0 radical (unpaired) electrons. The molecule has 10 nitrogen and oxygen atoms in total. The lowest BCUT2D eigenvalue weighted by Crippen LogP contribution is -2.15. The maximum atomic E-state index is 12.8. The standard InChI is InChI=1S/C25H23N9O/c1-14-6-23(34-5-3-4-29-34)28-11-19(14)21-7-15-8-22(27-12-20(15)24(26)31-21)32-25(35)18-9-17(18)16-10-30-33(2)13-16/h3-8,10-13,17-18H,9H2,1-2H3,(H2,26,31)(H,27,32,35). The number of amides is 1. The molecule has 5 heterocycles. The van der Waals surface area contributed by atoms with Crippen molar-refractivity contribution in [1.29, 1.82) is 0 Å². The minimum absolute atomic E-state index is 0.0396. The lowest BCUT2D eigenvalue weighted by molar-refractivity contribution is -0.117. The van der Waals surface area contributed by atoms with Crippen LogP contribution >= 0.6 is 0 Å². The van der Waals surface area contributed by atoms with Crippen molar-refractivity contribution < 1.29 is 4.79 Å². The molecule has 2 unspecified atom stereocenters. The van der Waals surface area contributed by atoms with E-state index in [9.17, 15) is 4.79 Å². The van der Waals surface area contributed by atoms with Crippen LogP contribution in [0.2, 0.25) is 0 Å². The summed E-state index contributed by atoms with van der Waals surface area (Å²) in [5.41, 5.74) is 9.92. The zero-order chi connectivity index (χ0) is 24.1. The highest BCUT2D eigenvalue weighted by atomic mass is 16.2. The van der Waals surface area contributed by atoms with Gasteiger partial charge in [-0.25, -0.2) is 19.6 Å². The number of hydrogen-bond donors (Lipinski definition) is 2. The number of nitrogens with two attached hydrogens (primary N) is 1. The Hall–Kier alpha value is -4.60. The molecule has 0 bridgehead atoms. The number of carbonyl (C=O) groups is 1. The van der Waals surface area contributed by atoms with E-state index in [4.69, 9.17) is 5.73 Å². The summed E-state index contributed by atoms with van der Waals surface area (Å²) in [4.78, 5) is 26.3. The molecule has 174 valence electrons. The third-order valence-corrected chi connectivity index (χ3v) is 6.39. The molecule has 0 aliphatic heterocycles. The molecule has 0 spiro atoms. The van der Waals surface area contributed by atoms with Crippen molar-refractivity contribution in [3.63, 3.8) is 0 Å². The highest BCUT2D eigenvalue weighted by Crippen LogP contribution is 2.47. The Morgan fingerprint density at radius 2 is 2.03 bits per heavy atom. The number of aromatic nitrogens is 7. The van der Waals surface area contributed by atoms with Gasteiger partial charge >= 0.3 is 0 Å². The number of nitrogens with zero attached hydrogens (tertiary/aromatic N) is 7. The summed E-state index contributed by atoms with van der Waals surface area (Å²) in [5.74, 6) is 1.68. The number of carbonyl (C=O) groups excluding carboxylic acids is 1. The number of fused-ring (bicyclic) bond motifs is 1. The van der Waals surface area contributed by atoms with E-state index in [0.29, 0.717) is 17.3 Å². The Balaban J connectivity index is 1.26. The number of nitrogen functional groups attached to an aromatic ring is 1. The Kier molecular flexibility index (Phi) is 4.80. The molecule has 10 heteroatoms. The van der Waals surface area contributed by atoms with E-state index < -0.39 is 0 Å². The molecule has 1 amide bonds. The summed E-state index contributed by atoms with van der Waals surface area (Å²) in [6.45, 7) is 2.00. The molecule has 0 saturated heterocycles. The van der Waals surface area contributed by atoms with Crippen LogP contribution in [0.5, 0.6) is 0 Å². The Bertz CT molecular complexity index is 1570. The maximum Gasteiger partial charge on any atom is 0.229 e. The smallest absolute Gasteiger partial charge is 0.229 e. The molecule has 5 aromatic heterocycles.